The summed E-state index contributed by atoms with van der Waals surface area (Å²) in [6.45, 7) is 4.96. The first-order valence-corrected chi connectivity index (χ1v) is 8.18. The number of aromatic nitrogens is 4. The van der Waals surface area contributed by atoms with Gasteiger partial charge in [0.2, 0.25) is 5.13 Å². The van der Waals surface area contributed by atoms with Crippen molar-refractivity contribution in [2.75, 3.05) is 29.9 Å². The Kier molecular flexibility index (Phi) is 3.21. The van der Waals surface area contributed by atoms with E-state index in [1.807, 2.05) is 19.1 Å². The fraction of sp³-hybridized carbons (Fsp3) is 0.571. The fourth-order valence-electron chi connectivity index (χ4n) is 2.49. The van der Waals surface area contributed by atoms with E-state index in [1.165, 1.54) is 24.4 Å². The quantitative estimate of drug-likeness (QED) is 0.912. The van der Waals surface area contributed by atoms with Crippen LogP contribution in [0.5, 0.6) is 0 Å². The minimum atomic E-state index is 0.635. The minimum Gasteiger partial charge on any atom is -0.360 e. The molecule has 2 aromatic rings. The third kappa shape index (κ3) is 2.83. The van der Waals surface area contributed by atoms with Crippen molar-refractivity contribution in [3.63, 3.8) is 0 Å². The standard InChI is InChI=1S/C14H18N6S/c1-9-2-5-12(18-17-9)20-7-10(8-20)6-15-14-16-13(19-21-14)11-3-4-11/h2,5,10-11H,3-4,6-8H2,1H3,(H,15,16,19). The molecule has 2 aliphatic rings. The Bertz CT molecular complexity index is 615. The van der Waals surface area contributed by atoms with E-state index in [4.69, 9.17) is 0 Å². The summed E-state index contributed by atoms with van der Waals surface area (Å²) >= 11 is 1.49. The van der Waals surface area contributed by atoms with Gasteiger partial charge >= 0.3 is 0 Å². The molecule has 6 nitrogen and oxygen atoms in total. The lowest BCUT2D eigenvalue weighted by Crippen LogP contribution is -2.50. The summed E-state index contributed by atoms with van der Waals surface area (Å²) in [4.78, 5) is 6.81. The number of hydrogen-bond donors (Lipinski definition) is 1. The maximum atomic E-state index is 4.55. The molecule has 2 fully saturated rings. The summed E-state index contributed by atoms with van der Waals surface area (Å²) in [5, 5.41) is 12.7. The minimum absolute atomic E-state index is 0.635. The molecule has 1 aliphatic heterocycles. The Labute approximate surface area is 127 Å². The zero-order valence-corrected chi connectivity index (χ0v) is 12.8. The van der Waals surface area contributed by atoms with Crippen molar-refractivity contribution in [2.45, 2.75) is 25.7 Å². The van der Waals surface area contributed by atoms with E-state index >= 15 is 0 Å². The SMILES string of the molecule is Cc1ccc(N2CC(CNc3nc(C4CC4)ns3)C2)nn1. The van der Waals surface area contributed by atoms with E-state index in [0.717, 1.165) is 42.1 Å². The van der Waals surface area contributed by atoms with Gasteiger partial charge in [-0.1, -0.05) is 0 Å². The molecule has 110 valence electrons. The van der Waals surface area contributed by atoms with Crippen molar-refractivity contribution in [3.8, 4) is 0 Å². The van der Waals surface area contributed by atoms with Gasteiger partial charge in [0.05, 0.1) is 5.69 Å². The topological polar surface area (TPSA) is 66.8 Å². The lowest BCUT2D eigenvalue weighted by atomic mass is 10.0. The van der Waals surface area contributed by atoms with Crippen LogP contribution in [0.1, 0.15) is 30.3 Å². The molecule has 21 heavy (non-hydrogen) atoms. The molecule has 0 spiro atoms. The normalized spacial score (nSPS) is 18.6. The monoisotopic (exact) mass is 302 g/mol. The number of nitrogens with one attached hydrogen (secondary N) is 1. The molecule has 0 bridgehead atoms. The van der Waals surface area contributed by atoms with Crippen molar-refractivity contribution in [3.05, 3.63) is 23.7 Å². The molecule has 0 atom stereocenters. The molecule has 1 saturated heterocycles. The highest BCUT2D eigenvalue weighted by atomic mass is 32.1. The van der Waals surface area contributed by atoms with Gasteiger partial charge < -0.3 is 10.2 Å². The maximum absolute atomic E-state index is 4.55. The summed E-state index contributed by atoms with van der Waals surface area (Å²) in [7, 11) is 0. The van der Waals surface area contributed by atoms with E-state index in [2.05, 4.69) is 29.8 Å². The molecule has 0 aromatic carbocycles. The van der Waals surface area contributed by atoms with Gasteiger partial charge in [-0.05, 0) is 31.9 Å². The van der Waals surface area contributed by atoms with Gasteiger partial charge in [0.25, 0.3) is 0 Å². The predicted molar refractivity (Wildman–Crippen MR) is 82.8 cm³/mol. The molecule has 1 saturated carbocycles. The highest BCUT2D eigenvalue weighted by molar-refractivity contribution is 7.09. The number of hydrogen-bond acceptors (Lipinski definition) is 7. The molecule has 2 aromatic heterocycles. The van der Waals surface area contributed by atoms with Crippen LogP contribution < -0.4 is 10.2 Å². The van der Waals surface area contributed by atoms with Gasteiger partial charge in [-0.2, -0.15) is 9.47 Å². The molecule has 0 amide bonds. The number of aryl methyl sites for hydroxylation is 1. The Morgan fingerprint density at radius 1 is 1.29 bits per heavy atom. The number of rotatable bonds is 5. The van der Waals surface area contributed by atoms with E-state index in [1.54, 1.807) is 0 Å². The van der Waals surface area contributed by atoms with Crippen LogP contribution in [0, 0.1) is 12.8 Å². The van der Waals surface area contributed by atoms with Gasteiger partial charge in [0, 0.05) is 43.0 Å². The molecular formula is C14H18N6S. The second-order valence-electron chi connectivity index (χ2n) is 5.92. The molecule has 0 radical (unpaired) electrons. The van der Waals surface area contributed by atoms with Crippen molar-refractivity contribution in [1.29, 1.82) is 0 Å². The summed E-state index contributed by atoms with van der Waals surface area (Å²) in [5.41, 5.74) is 0.959. The maximum Gasteiger partial charge on any atom is 0.202 e. The van der Waals surface area contributed by atoms with E-state index in [9.17, 15) is 0 Å². The Morgan fingerprint density at radius 2 is 2.14 bits per heavy atom. The Balaban J connectivity index is 1.25. The van der Waals surface area contributed by atoms with Crippen LogP contribution in [0.3, 0.4) is 0 Å². The van der Waals surface area contributed by atoms with Crippen LogP contribution in [0.15, 0.2) is 12.1 Å². The average Bonchev–Trinajstić information content (AvgIpc) is 3.19. The summed E-state index contributed by atoms with van der Waals surface area (Å²) in [6, 6.07) is 4.05. The molecule has 0 unspecified atom stereocenters. The second-order valence-corrected chi connectivity index (χ2v) is 6.67. The molecule has 1 aliphatic carbocycles. The van der Waals surface area contributed by atoms with Crippen LogP contribution in [0.25, 0.3) is 0 Å². The Hall–Kier alpha value is -1.76. The third-order valence-electron chi connectivity index (χ3n) is 3.99. The highest BCUT2D eigenvalue weighted by Gasteiger charge is 2.29. The molecule has 3 heterocycles. The first kappa shape index (κ1) is 12.9. The van der Waals surface area contributed by atoms with E-state index < -0.39 is 0 Å². The van der Waals surface area contributed by atoms with Crippen LogP contribution in [-0.2, 0) is 0 Å². The first-order chi connectivity index (χ1) is 10.3. The number of anilines is 2. The van der Waals surface area contributed by atoms with Crippen molar-refractivity contribution < 1.29 is 0 Å². The van der Waals surface area contributed by atoms with Gasteiger partial charge in [0.15, 0.2) is 5.82 Å². The van der Waals surface area contributed by atoms with Gasteiger partial charge in [-0.25, -0.2) is 4.98 Å². The third-order valence-corrected chi connectivity index (χ3v) is 4.68. The summed E-state index contributed by atoms with van der Waals surface area (Å²) < 4.78 is 4.41. The van der Waals surface area contributed by atoms with Crippen molar-refractivity contribution in [2.24, 2.45) is 5.92 Å². The van der Waals surface area contributed by atoms with Gasteiger partial charge in [-0.3, -0.25) is 0 Å². The molecule has 7 heteroatoms. The second kappa shape index (κ2) is 5.22. The van der Waals surface area contributed by atoms with Crippen LogP contribution in [0.2, 0.25) is 0 Å². The summed E-state index contributed by atoms with van der Waals surface area (Å²) in [5.74, 6) is 3.29. The van der Waals surface area contributed by atoms with Crippen LogP contribution in [-0.4, -0.2) is 39.2 Å². The van der Waals surface area contributed by atoms with Crippen molar-refractivity contribution in [1.82, 2.24) is 19.6 Å². The average molecular weight is 302 g/mol. The van der Waals surface area contributed by atoms with E-state index in [-0.39, 0.29) is 0 Å². The lowest BCUT2D eigenvalue weighted by Gasteiger charge is -2.39. The van der Waals surface area contributed by atoms with Gasteiger partial charge in [0.1, 0.15) is 5.82 Å². The van der Waals surface area contributed by atoms with Crippen LogP contribution in [0.4, 0.5) is 10.9 Å². The molecular weight excluding hydrogens is 284 g/mol. The smallest absolute Gasteiger partial charge is 0.202 e. The zero-order valence-electron chi connectivity index (χ0n) is 12.0. The first-order valence-electron chi connectivity index (χ1n) is 7.40. The summed E-state index contributed by atoms with van der Waals surface area (Å²) in [6.07, 6.45) is 2.51. The fourth-order valence-corrected chi connectivity index (χ4v) is 3.14. The predicted octanol–water partition coefficient (Wildman–Crippen LogP) is 2.06. The van der Waals surface area contributed by atoms with Crippen LogP contribution >= 0.6 is 11.5 Å². The Morgan fingerprint density at radius 3 is 2.86 bits per heavy atom. The van der Waals surface area contributed by atoms with Gasteiger partial charge in [-0.15, -0.1) is 5.10 Å². The lowest BCUT2D eigenvalue weighted by molar-refractivity contribution is 0.425. The number of nitrogens with zero attached hydrogens (tertiary/aromatic N) is 5. The van der Waals surface area contributed by atoms with Crippen molar-refractivity contribution >= 4 is 22.5 Å². The largest absolute Gasteiger partial charge is 0.360 e. The molecule has 1 N–H and O–H groups in total. The molecule has 4 rings (SSSR count). The highest BCUT2D eigenvalue weighted by Crippen LogP contribution is 2.39. The van der Waals surface area contributed by atoms with E-state index in [0.29, 0.717) is 11.8 Å². The zero-order chi connectivity index (χ0) is 14.2.